The number of aromatic carboxylic acids is 1. The number of fused-ring (bicyclic) bond motifs is 1. The molecule has 0 bridgehead atoms. The number of aliphatic imine (C=N–C) groups is 1. The van der Waals surface area contributed by atoms with Crippen molar-refractivity contribution in [3.63, 3.8) is 0 Å². The molecule has 0 atom stereocenters. The third kappa shape index (κ3) is 2.86. The maximum atomic E-state index is 10.7. The van der Waals surface area contributed by atoms with Gasteiger partial charge in [0, 0.05) is 23.7 Å². The number of nitrogens with zero attached hydrogens (tertiary/aromatic N) is 2. The Kier molecular flexibility index (Phi) is 3.66. The van der Waals surface area contributed by atoms with E-state index in [9.17, 15) is 9.90 Å². The van der Waals surface area contributed by atoms with E-state index in [0.29, 0.717) is 5.69 Å². The molecule has 3 aromatic rings. The molecule has 0 spiro atoms. The lowest BCUT2D eigenvalue weighted by atomic mass is 10.1. The zero-order valence-corrected chi connectivity index (χ0v) is 12.1. The summed E-state index contributed by atoms with van der Waals surface area (Å²) in [6.45, 7) is 0. The number of carbonyl (C=O) groups is 1. The van der Waals surface area contributed by atoms with Crippen LogP contribution in [0.3, 0.4) is 0 Å². The molecule has 0 N–H and O–H groups in total. The predicted octanol–water partition coefficient (Wildman–Crippen LogP) is 1.78. The quantitative estimate of drug-likeness (QED) is 0.545. The van der Waals surface area contributed by atoms with E-state index in [4.69, 9.17) is 0 Å². The van der Waals surface area contributed by atoms with Gasteiger partial charge in [-0.1, -0.05) is 18.2 Å². The SMILES string of the molecule is C[n+]1cccc2ccc(C=Nc3ccc(C(=O)[O-])cc3)cc21. The second-order valence-electron chi connectivity index (χ2n) is 5.03. The van der Waals surface area contributed by atoms with Crippen LogP contribution >= 0.6 is 0 Å². The fourth-order valence-corrected chi connectivity index (χ4v) is 2.28. The Balaban J connectivity index is 1.88. The standard InChI is InChI=1S/C18H14N2O2/c1-20-10-2-3-14-5-4-13(11-17(14)20)12-19-16-8-6-15(7-9-16)18(21)22/h2-12H,1H3. The lowest BCUT2D eigenvalue weighted by Gasteiger charge is -2.01. The predicted molar refractivity (Wildman–Crippen MR) is 83.2 cm³/mol. The zero-order valence-electron chi connectivity index (χ0n) is 12.1. The van der Waals surface area contributed by atoms with E-state index in [0.717, 1.165) is 11.1 Å². The fraction of sp³-hybridized carbons (Fsp3) is 0.0556. The molecule has 0 fully saturated rings. The van der Waals surface area contributed by atoms with Gasteiger partial charge in [-0.15, -0.1) is 0 Å². The summed E-state index contributed by atoms with van der Waals surface area (Å²) in [5, 5.41) is 11.9. The Bertz CT molecular complexity index is 868. The van der Waals surface area contributed by atoms with Crippen LogP contribution < -0.4 is 9.67 Å². The van der Waals surface area contributed by atoms with Gasteiger partial charge in [-0.25, -0.2) is 4.57 Å². The third-order valence-corrected chi connectivity index (χ3v) is 3.49. The highest BCUT2D eigenvalue weighted by Gasteiger charge is 2.03. The number of rotatable bonds is 3. The van der Waals surface area contributed by atoms with Gasteiger partial charge in [0.1, 0.15) is 7.05 Å². The highest BCUT2D eigenvalue weighted by molar-refractivity contribution is 5.89. The van der Waals surface area contributed by atoms with Crippen LogP contribution in [0.5, 0.6) is 0 Å². The van der Waals surface area contributed by atoms with Crippen molar-refractivity contribution in [2.45, 2.75) is 0 Å². The molecule has 2 aromatic carbocycles. The van der Waals surface area contributed by atoms with E-state index in [1.165, 1.54) is 17.5 Å². The molecule has 22 heavy (non-hydrogen) atoms. The minimum absolute atomic E-state index is 0.150. The van der Waals surface area contributed by atoms with Gasteiger partial charge in [-0.05, 0) is 35.4 Å². The molecule has 0 aliphatic heterocycles. The first-order valence-electron chi connectivity index (χ1n) is 6.87. The summed E-state index contributed by atoms with van der Waals surface area (Å²) >= 11 is 0. The average Bonchev–Trinajstić information content (AvgIpc) is 2.54. The molecule has 0 saturated carbocycles. The van der Waals surface area contributed by atoms with Crippen LogP contribution in [0.2, 0.25) is 0 Å². The minimum atomic E-state index is -1.18. The Morgan fingerprint density at radius 2 is 1.91 bits per heavy atom. The first kappa shape index (κ1) is 13.9. The Labute approximate surface area is 128 Å². The van der Waals surface area contributed by atoms with Crippen LogP contribution in [-0.4, -0.2) is 12.2 Å². The van der Waals surface area contributed by atoms with Crippen LogP contribution in [0, 0.1) is 0 Å². The molecule has 0 aliphatic rings. The first-order valence-corrected chi connectivity index (χ1v) is 6.87. The summed E-state index contributed by atoms with van der Waals surface area (Å²) in [7, 11) is 2.00. The second-order valence-corrected chi connectivity index (χ2v) is 5.03. The van der Waals surface area contributed by atoms with Gasteiger partial charge in [0.25, 0.3) is 0 Å². The summed E-state index contributed by atoms with van der Waals surface area (Å²) in [5.41, 5.74) is 2.95. The topological polar surface area (TPSA) is 56.4 Å². The maximum absolute atomic E-state index is 10.7. The molecule has 0 aliphatic carbocycles. The van der Waals surface area contributed by atoms with Crippen molar-refractivity contribution in [1.82, 2.24) is 0 Å². The smallest absolute Gasteiger partial charge is 0.212 e. The van der Waals surface area contributed by atoms with Gasteiger partial charge in [0.15, 0.2) is 6.20 Å². The number of carbonyl (C=O) groups excluding carboxylic acids is 1. The summed E-state index contributed by atoms with van der Waals surface area (Å²) in [6, 6.07) is 16.5. The van der Waals surface area contributed by atoms with Crippen LogP contribution in [0.1, 0.15) is 15.9 Å². The molecule has 1 heterocycles. The van der Waals surface area contributed by atoms with Crippen LogP contribution in [-0.2, 0) is 7.05 Å². The van der Waals surface area contributed by atoms with Crippen LogP contribution in [0.15, 0.2) is 65.8 Å². The van der Waals surface area contributed by atoms with Crippen molar-refractivity contribution in [2.75, 3.05) is 0 Å². The van der Waals surface area contributed by atoms with E-state index in [1.54, 1.807) is 18.3 Å². The molecule has 108 valence electrons. The van der Waals surface area contributed by atoms with Crippen LogP contribution in [0.25, 0.3) is 10.9 Å². The summed E-state index contributed by atoms with van der Waals surface area (Å²) in [4.78, 5) is 15.1. The average molecular weight is 290 g/mol. The van der Waals surface area contributed by atoms with E-state index < -0.39 is 5.97 Å². The molecule has 4 nitrogen and oxygen atoms in total. The van der Waals surface area contributed by atoms with Crippen LogP contribution in [0.4, 0.5) is 5.69 Å². The Morgan fingerprint density at radius 3 is 2.64 bits per heavy atom. The van der Waals surface area contributed by atoms with Gasteiger partial charge < -0.3 is 9.90 Å². The summed E-state index contributed by atoms with van der Waals surface area (Å²) in [6.07, 6.45) is 3.77. The molecule has 0 unspecified atom stereocenters. The largest absolute Gasteiger partial charge is 0.545 e. The molecular weight excluding hydrogens is 276 g/mol. The van der Waals surface area contributed by atoms with E-state index in [-0.39, 0.29) is 5.56 Å². The van der Waals surface area contributed by atoms with Crippen molar-refractivity contribution in [1.29, 1.82) is 0 Å². The monoisotopic (exact) mass is 290 g/mol. The van der Waals surface area contributed by atoms with Crippen molar-refractivity contribution in [3.05, 3.63) is 71.9 Å². The molecule has 4 heteroatoms. The lowest BCUT2D eigenvalue weighted by molar-refractivity contribution is -0.644. The lowest BCUT2D eigenvalue weighted by Crippen LogP contribution is -2.27. The molecule has 0 radical (unpaired) electrons. The summed E-state index contributed by atoms with van der Waals surface area (Å²) < 4.78 is 2.06. The Morgan fingerprint density at radius 1 is 1.14 bits per heavy atom. The maximum Gasteiger partial charge on any atom is 0.212 e. The van der Waals surface area contributed by atoms with Crippen molar-refractivity contribution in [2.24, 2.45) is 12.0 Å². The van der Waals surface area contributed by atoms with Gasteiger partial charge in [-0.3, -0.25) is 4.99 Å². The number of aryl methyl sites for hydroxylation is 1. The highest BCUT2D eigenvalue weighted by atomic mass is 16.4. The highest BCUT2D eigenvalue weighted by Crippen LogP contribution is 2.14. The number of aromatic nitrogens is 1. The fourth-order valence-electron chi connectivity index (χ4n) is 2.28. The Hall–Kier alpha value is -3.01. The summed E-state index contributed by atoms with van der Waals surface area (Å²) in [5.74, 6) is -1.18. The van der Waals surface area contributed by atoms with Gasteiger partial charge >= 0.3 is 0 Å². The van der Waals surface area contributed by atoms with E-state index in [1.807, 2.05) is 25.4 Å². The van der Waals surface area contributed by atoms with Gasteiger partial charge in [0.05, 0.1) is 11.7 Å². The number of carboxylic acid groups (broad SMARTS) is 1. The molecule has 1 aromatic heterocycles. The van der Waals surface area contributed by atoms with E-state index in [2.05, 4.69) is 27.8 Å². The van der Waals surface area contributed by atoms with E-state index >= 15 is 0 Å². The van der Waals surface area contributed by atoms with Crippen molar-refractivity contribution < 1.29 is 14.5 Å². The normalized spacial score (nSPS) is 11.1. The van der Waals surface area contributed by atoms with Gasteiger partial charge in [0.2, 0.25) is 5.52 Å². The zero-order chi connectivity index (χ0) is 15.5. The number of benzene rings is 2. The van der Waals surface area contributed by atoms with Gasteiger partial charge in [-0.2, -0.15) is 0 Å². The number of carboxylic acids is 1. The minimum Gasteiger partial charge on any atom is -0.545 e. The molecular formula is C18H14N2O2. The number of hydrogen-bond acceptors (Lipinski definition) is 3. The second kappa shape index (κ2) is 5.77. The van der Waals surface area contributed by atoms with Crippen molar-refractivity contribution in [3.8, 4) is 0 Å². The number of pyridine rings is 1. The molecule has 0 saturated heterocycles. The molecule has 0 amide bonds. The molecule has 3 rings (SSSR count). The number of hydrogen-bond donors (Lipinski definition) is 0. The first-order chi connectivity index (χ1) is 10.6. The third-order valence-electron chi connectivity index (χ3n) is 3.49. The van der Waals surface area contributed by atoms with Crippen molar-refractivity contribution >= 4 is 28.8 Å².